The molecule has 0 radical (unpaired) electrons. The number of aryl methyl sites for hydroxylation is 2. The number of nitrogens with zero attached hydrogens (tertiary/aromatic N) is 1. The molecule has 1 fully saturated rings. The highest BCUT2D eigenvalue weighted by molar-refractivity contribution is 6.04. The number of ether oxygens (including phenoxy) is 1. The van der Waals surface area contributed by atoms with E-state index < -0.39 is 6.10 Å². The van der Waals surface area contributed by atoms with Crippen LogP contribution in [-0.4, -0.2) is 35.9 Å². The smallest absolute Gasteiger partial charge is 0.265 e. The van der Waals surface area contributed by atoms with Crippen molar-refractivity contribution in [3.8, 4) is 5.75 Å². The summed E-state index contributed by atoms with van der Waals surface area (Å²) in [5, 5.41) is 2.89. The lowest BCUT2D eigenvalue weighted by Crippen LogP contribution is -2.34. The molecule has 1 atom stereocenters. The molecule has 0 aliphatic carbocycles. The third-order valence-corrected chi connectivity index (χ3v) is 5.31. The van der Waals surface area contributed by atoms with E-state index in [0.717, 1.165) is 49.9 Å². The van der Waals surface area contributed by atoms with Crippen molar-refractivity contribution >= 4 is 17.5 Å². The predicted molar refractivity (Wildman–Crippen MR) is 115 cm³/mol. The van der Waals surface area contributed by atoms with Crippen molar-refractivity contribution < 1.29 is 14.3 Å². The molecule has 1 aliphatic rings. The van der Waals surface area contributed by atoms with E-state index in [1.807, 2.05) is 49.1 Å². The van der Waals surface area contributed by atoms with Crippen LogP contribution in [-0.2, 0) is 4.79 Å². The van der Waals surface area contributed by atoms with Crippen LogP contribution in [0.25, 0.3) is 0 Å². The van der Waals surface area contributed by atoms with Crippen molar-refractivity contribution in [2.45, 2.75) is 52.6 Å². The number of rotatable bonds is 5. The number of nitrogens with one attached hydrogen (secondary N) is 1. The zero-order chi connectivity index (χ0) is 20.8. The van der Waals surface area contributed by atoms with E-state index >= 15 is 0 Å². The van der Waals surface area contributed by atoms with Crippen molar-refractivity contribution in [3.63, 3.8) is 0 Å². The number of anilines is 1. The van der Waals surface area contributed by atoms with Crippen molar-refractivity contribution in [1.29, 1.82) is 0 Å². The first kappa shape index (κ1) is 20.9. The zero-order valence-corrected chi connectivity index (χ0v) is 17.5. The topological polar surface area (TPSA) is 58.6 Å². The van der Waals surface area contributed by atoms with Crippen LogP contribution in [0.5, 0.6) is 5.75 Å². The number of hydrogen-bond donors (Lipinski definition) is 1. The van der Waals surface area contributed by atoms with Gasteiger partial charge in [-0.15, -0.1) is 0 Å². The Kier molecular flexibility index (Phi) is 6.91. The minimum atomic E-state index is -0.683. The fourth-order valence-electron chi connectivity index (χ4n) is 3.63. The molecule has 0 spiro atoms. The van der Waals surface area contributed by atoms with E-state index in [1.165, 1.54) is 0 Å². The Labute approximate surface area is 173 Å². The van der Waals surface area contributed by atoms with E-state index in [-0.39, 0.29) is 11.8 Å². The predicted octanol–water partition coefficient (Wildman–Crippen LogP) is 4.73. The lowest BCUT2D eigenvalue weighted by atomic mass is 10.1. The van der Waals surface area contributed by atoms with Gasteiger partial charge in [0.25, 0.3) is 11.8 Å². The number of carbonyl (C=O) groups excluding carboxylic acids is 2. The Balaban J connectivity index is 1.70. The molecule has 1 N–H and O–H groups in total. The average Bonchev–Trinajstić information content (AvgIpc) is 2.99. The van der Waals surface area contributed by atoms with E-state index in [2.05, 4.69) is 5.32 Å². The van der Waals surface area contributed by atoms with Gasteiger partial charge in [0.2, 0.25) is 0 Å². The summed E-state index contributed by atoms with van der Waals surface area (Å²) in [5.41, 5.74) is 3.19. The molecule has 5 heteroatoms. The molecule has 29 heavy (non-hydrogen) atoms. The molecular weight excluding hydrogens is 364 g/mol. The number of hydrogen-bond acceptors (Lipinski definition) is 3. The molecule has 0 saturated carbocycles. The molecule has 5 nitrogen and oxygen atoms in total. The molecule has 0 unspecified atom stereocenters. The molecule has 2 aromatic rings. The van der Waals surface area contributed by atoms with Gasteiger partial charge in [0.1, 0.15) is 5.75 Å². The first-order valence-corrected chi connectivity index (χ1v) is 10.4. The van der Waals surface area contributed by atoms with Crippen molar-refractivity contribution in [1.82, 2.24) is 4.90 Å². The van der Waals surface area contributed by atoms with Gasteiger partial charge in [0.05, 0.1) is 11.3 Å². The Morgan fingerprint density at radius 2 is 1.69 bits per heavy atom. The maximum atomic E-state index is 13.0. The molecule has 2 amide bonds. The van der Waals surface area contributed by atoms with Crippen LogP contribution in [0.2, 0.25) is 0 Å². The van der Waals surface area contributed by atoms with Crippen LogP contribution >= 0.6 is 0 Å². The third-order valence-electron chi connectivity index (χ3n) is 5.31. The van der Waals surface area contributed by atoms with Gasteiger partial charge in [0, 0.05) is 13.1 Å². The quantitative estimate of drug-likeness (QED) is 0.798. The zero-order valence-electron chi connectivity index (χ0n) is 17.5. The Hall–Kier alpha value is -2.82. The maximum absolute atomic E-state index is 13.0. The second-order valence-corrected chi connectivity index (χ2v) is 7.77. The summed E-state index contributed by atoms with van der Waals surface area (Å²) in [4.78, 5) is 27.7. The molecule has 1 saturated heterocycles. The second-order valence-electron chi connectivity index (χ2n) is 7.77. The second kappa shape index (κ2) is 9.59. The van der Waals surface area contributed by atoms with Crippen LogP contribution in [0.15, 0.2) is 42.5 Å². The molecule has 0 bridgehead atoms. The highest BCUT2D eigenvalue weighted by Crippen LogP contribution is 2.22. The summed E-state index contributed by atoms with van der Waals surface area (Å²) in [6.07, 6.45) is 3.70. The first-order chi connectivity index (χ1) is 14.0. The lowest BCUT2D eigenvalue weighted by Gasteiger charge is -2.22. The number of amides is 2. The van der Waals surface area contributed by atoms with Gasteiger partial charge in [-0.3, -0.25) is 9.59 Å². The molecule has 0 aromatic heterocycles. The highest BCUT2D eigenvalue weighted by Gasteiger charge is 2.22. The fourth-order valence-corrected chi connectivity index (χ4v) is 3.63. The number of para-hydroxylation sites is 1. The van der Waals surface area contributed by atoms with Crippen LogP contribution in [0.3, 0.4) is 0 Å². The van der Waals surface area contributed by atoms with Crippen LogP contribution in [0.4, 0.5) is 5.69 Å². The lowest BCUT2D eigenvalue weighted by molar-refractivity contribution is -0.122. The summed E-state index contributed by atoms with van der Waals surface area (Å²) in [7, 11) is 0. The minimum Gasteiger partial charge on any atom is -0.481 e. The van der Waals surface area contributed by atoms with Crippen LogP contribution in [0.1, 0.15) is 54.1 Å². The Bertz CT molecular complexity index is 870. The normalized spacial score (nSPS) is 15.3. The average molecular weight is 395 g/mol. The van der Waals surface area contributed by atoms with Gasteiger partial charge in [-0.2, -0.15) is 0 Å². The largest absolute Gasteiger partial charge is 0.481 e. The molecule has 3 rings (SSSR count). The molecule has 2 aromatic carbocycles. The monoisotopic (exact) mass is 394 g/mol. The van der Waals surface area contributed by atoms with Gasteiger partial charge in [-0.1, -0.05) is 42.7 Å². The number of benzene rings is 2. The van der Waals surface area contributed by atoms with E-state index in [1.54, 1.807) is 19.1 Å². The standard InChI is InChI=1S/C24H30N2O3/c1-17-12-13-22(18(2)16-17)29-19(3)23(27)25-21-11-7-6-10-20(21)24(28)26-14-8-4-5-9-15-26/h6-7,10-13,16,19H,4-5,8-9,14-15H2,1-3H3,(H,25,27)/t19-/m1/s1. The van der Waals surface area contributed by atoms with Crippen molar-refractivity contribution in [2.24, 2.45) is 0 Å². The molecular formula is C24H30N2O3. The van der Waals surface area contributed by atoms with Gasteiger partial charge in [0.15, 0.2) is 6.10 Å². The fraction of sp³-hybridized carbons (Fsp3) is 0.417. The van der Waals surface area contributed by atoms with Crippen molar-refractivity contribution in [3.05, 3.63) is 59.2 Å². The van der Waals surface area contributed by atoms with Crippen LogP contribution < -0.4 is 10.1 Å². The SMILES string of the molecule is Cc1ccc(O[C@H](C)C(=O)Nc2ccccc2C(=O)N2CCCCCC2)c(C)c1. The van der Waals surface area contributed by atoms with Gasteiger partial charge < -0.3 is 15.0 Å². The molecule has 154 valence electrons. The van der Waals surface area contributed by atoms with Gasteiger partial charge >= 0.3 is 0 Å². The highest BCUT2D eigenvalue weighted by atomic mass is 16.5. The summed E-state index contributed by atoms with van der Waals surface area (Å²) < 4.78 is 5.86. The Morgan fingerprint density at radius 3 is 2.38 bits per heavy atom. The van der Waals surface area contributed by atoms with E-state index in [9.17, 15) is 9.59 Å². The Morgan fingerprint density at radius 1 is 1.00 bits per heavy atom. The van der Waals surface area contributed by atoms with Gasteiger partial charge in [-0.05, 0) is 57.4 Å². The van der Waals surface area contributed by atoms with Crippen LogP contribution in [0, 0.1) is 13.8 Å². The third kappa shape index (κ3) is 5.37. The summed E-state index contributed by atoms with van der Waals surface area (Å²) >= 11 is 0. The van der Waals surface area contributed by atoms with E-state index in [0.29, 0.717) is 17.0 Å². The molecule has 1 aliphatic heterocycles. The van der Waals surface area contributed by atoms with Gasteiger partial charge in [-0.25, -0.2) is 0 Å². The summed E-state index contributed by atoms with van der Waals surface area (Å²) in [5.74, 6) is 0.388. The van der Waals surface area contributed by atoms with E-state index in [4.69, 9.17) is 4.74 Å². The maximum Gasteiger partial charge on any atom is 0.265 e. The summed E-state index contributed by atoms with van der Waals surface area (Å²) in [6, 6.07) is 13.1. The minimum absolute atomic E-state index is 0.0225. The number of likely N-dealkylation sites (tertiary alicyclic amines) is 1. The first-order valence-electron chi connectivity index (χ1n) is 10.4. The summed E-state index contributed by atoms with van der Waals surface area (Å²) in [6.45, 7) is 7.24. The molecule has 1 heterocycles. The number of carbonyl (C=O) groups is 2. The van der Waals surface area contributed by atoms with Crippen molar-refractivity contribution in [2.75, 3.05) is 18.4 Å².